The first-order chi connectivity index (χ1) is 6.00. The molecule has 0 atom stereocenters. The van der Waals surface area contributed by atoms with Gasteiger partial charge in [-0.2, -0.15) is 0 Å². The summed E-state index contributed by atoms with van der Waals surface area (Å²) in [5.74, 6) is 0. The minimum atomic E-state index is -1.41. The molecule has 0 heterocycles. The van der Waals surface area contributed by atoms with Gasteiger partial charge >= 0.3 is 88.2 Å². The molecule has 2 radical (unpaired) electrons. The molecule has 0 saturated carbocycles. The summed E-state index contributed by atoms with van der Waals surface area (Å²) in [4.78, 5) is 10.6. The van der Waals surface area contributed by atoms with Gasteiger partial charge in [0.2, 0.25) is 0 Å². The van der Waals surface area contributed by atoms with Crippen molar-refractivity contribution < 1.29 is 9.90 Å². The van der Waals surface area contributed by atoms with Gasteiger partial charge in [-0.15, -0.1) is 0 Å². The number of rotatable bonds is 2. The van der Waals surface area contributed by atoms with E-state index in [1.807, 2.05) is 26.8 Å². The molecule has 0 aromatic heterocycles. The second-order valence-electron chi connectivity index (χ2n) is 3.18. The van der Waals surface area contributed by atoms with E-state index in [4.69, 9.17) is 5.11 Å². The third kappa shape index (κ3) is 2.72. The fourth-order valence-electron chi connectivity index (χ4n) is 1.28. The molecule has 13 heavy (non-hydrogen) atoms. The van der Waals surface area contributed by atoms with Gasteiger partial charge in [-0.1, -0.05) is 0 Å². The third-order valence-corrected chi connectivity index (χ3v) is 4.91. The van der Waals surface area contributed by atoms with Crippen molar-refractivity contribution in [2.75, 3.05) is 0 Å². The molecule has 0 unspecified atom stereocenters. The number of carboxylic acid groups (broad SMARTS) is 1. The Morgan fingerprint density at radius 1 is 1.31 bits per heavy atom. The monoisotopic (exact) mass is 284 g/mol. The van der Waals surface area contributed by atoms with Crippen LogP contribution in [0.1, 0.15) is 16.7 Å². The van der Waals surface area contributed by atoms with E-state index in [1.165, 1.54) is 16.7 Å². The van der Waals surface area contributed by atoms with Gasteiger partial charge in [-0.05, 0) is 0 Å². The molecular formula is C10H12O2Sn. The first-order valence-corrected chi connectivity index (χ1v) is 6.94. The number of hydrogen-bond donors (Lipinski definition) is 1. The van der Waals surface area contributed by atoms with E-state index < -0.39 is 25.1 Å². The van der Waals surface area contributed by atoms with Crippen molar-refractivity contribution in [1.82, 2.24) is 0 Å². The van der Waals surface area contributed by atoms with Crippen LogP contribution in [-0.4, -0.2) is 30.2 Å². The summed E-state index contributed by atoms with van der Waals surface area (Å²) in [5.41, 5.74) is 3.54. The molecule has 1 aromatic carbocycles. The van der Waals surface area contributed by atoms with E-state index in [-0.39, 0.29) is 0 Å². The van der Waals surface area contributed by atoms with Gasteiger partial charge in [0.05, 0.1) is 0 Å². The van der Waals surface area contributed by atoms with Crippen molar-refractivity contribution in [2.45, 2.75) is 20.8 Å². The van der Waals surface area contributed by atoms with E-state index in [0.717, 1.165) is 3.58 Å². The zero-order valence-electron chi connectivity index (χ0n) is 8.01. The fraction of sp³-hybridized carbons (Fsp3) is 0.300. The Morgan fingerprint density at radius 2 is 1.92 bits per heavy atom. The Balaban J connectivity index is 3.12. The van der Waals surface area contributed by atoms with Crippen LogP contribution >= 0.6 is 0 Å². The van der Waals surface area contributed by atoms with Crippen molar-refractivity contribution >= 4 is 28.7 Å². The Morgan fingerprint density at radius 3 is 2.46 bits per heavy atom. The molecule has 3 heteroatoms. The normalized spacial score (nSPS) is 10.1. The summed E-state index contributed by atoms with van der Waals surface area (Å²) in [6.45, 7) is 6.05. The summed E-state index contributed by atoms with van der Waals surface area (Å²) >= 11 is -1.41. The maximum absolute atomic E-state index is 10.6. The van der Waals surface area contributed by atoms with Crippen LogP contribution in [0, 0.1) is 20.8 Å². The Labute approximate surface area is 88.2 Å². The van der Waals surface area contributed by atoms with Gasteiger partial charge in [-0.3, -0.25) is 0 Å². The Hall–Kier alpha value is -0.511. The fourth-order valence-corrected chi connectivity index (χ4v) is 3.90. The van der Waals surface area contributed by atoms with Gasteiger partial charge in [-0.25, -0.2) is 0 Å². The molecule has 0 aliphatic rings. The average Bonchev–Trinajstić information content (AvgIpc) is 1.98. The summed E-state index contributed by atoms with van der Waals surface area (Å²) < 4.78 is 0.491. The van der Waals surface area contributed by atoms with Gasteiger partial charge < -0.3 is 0 Å². The molecule has 0 spiro atoms. The van der Waals surface area contributed by atoms with Crippen LogP contribution in [0.4, 0.5) is 4.79 Å². The first kappa shape index (κ1) is 10.6. The van der Waals surface area contributed by atoms with Gasteiger partial charge in [0.15, 0.2) is 0 Å². The molecule has 1 rings (SSSR count). The van der Waals surface area contributed by atoms with E-state index in [1.54, 1.807) is 0 Å². The van der Waals surface area contributed by atoms with Crippen molar-refractivity contribution in [2.24, 2.45) is 0 Å². The molecule has 0 aliphatic carbocycles. The molecule has 1 N–H and O–H groups in total. The summed E-state index contributed by atoms with van der Waals surface area (Å²) in [5, 5.41) is 8.75. The molecular weight excluding hydrogens is 271 g/mol. The van der Waals surface area contributed by atoms with Crippen LogP contribution in [0.2, 0.25) is 0 Å². The number of aryl methyl sites for hydroxylation is 2. The van der Waals surface area contributed by atoms with Gasteiger partial charge in [0.25, 0.3) is 0 Å². The summed E-state index contributed by atoms with van der Waals surface area (Å²) in [7, 11) is 0. The quantitative estimate of drug-likeness (QED) is 0.837. The van der Waals surface area contributed by atoms with Crippen molar-refractivity contribution in [1.29, 1.82) is 0 Å². The number of benzene rings is 1. The molecule has 0 saturated heterocycles. The van der Waals surface area contributed by atoms with Crippen LogP contribution in [0.3, 0.4) is 0 Å². The molecule has 0 aliphatic heterocycles. The van der Waals surface area contributed by atoms with Crippen LogP contribution in [-0.2, 0) is 0 Å². The summed E-state index contributed by atoms with van der Waals surface area (Å²) in [6, 6.07) is 4.11. The Bertz CT molecular complexity index is 345. The van der Waals surface area contributed by atoms with Crippen molar-refractivity contribution in [3.05, 3.63) is 28.8 Å². The maximum atomic E-state index is 10.6. The number of hydrogen-bond acceptors (Lipinski definition) is 1. The predicted molar refractivity (Wildman–Crippen MR) is 54.1 cm³/mol. The molecule has 0 amide bonds. The van der Waals surface area contributed by atoms with Crippen LogP contribution in [0.5, 0.6) is 0 Å². The molecule has 68 valence electrons. The zero-order chi connectivity index (χ0) is 10.0. The molecule has 0 bridgehead atoms. The average molecular weight is 283 g/mol. The SMILES string of the molecule is Cc1cc(C)c(C)[c]([Sn][C](=O)O)c1. The topological polar surface area (TPSA) is 37.3 Å². The van der Waals surface area contributed by atoms with Crippen molar-refractivity contribution in [3.8, 4) is 0 Å². The molecule has 0 fully saturated rings. The number of carbonyl (C=O) groups is 1. The van der Waals surface area contributed by atoms with Gasteiger partial charge in [0.1, 0.15) is 0 Å². The van der Waals surface area contributed by atoms with E-state index in [0.29, 0.717) is 0 Å². The molecule has 2 nitrogen and oxygen atoms in total. The minimum absolute atomic E-state index is 0.600. The second-order valence-corrected chi connectivity index (χ2v) is 6.66. The zero-order valence-corrected chi connectivity index (χ0v) is 10.9. The van der Waals surface area contributed by atoms with Crippen LogP contribution < -0.4 is 3.58 Å². The first-order valence-electron chi connectivity index (χ1n) is 4.08. The standard InChI is InChI=1S/C9H11.CHO2.Sn/c1-7-4-5-8(2)9(3)6-7;2-1-3;/h4,6H,1-3H3;(H,2,3);. The molecule has 1 aromatic rings. The van der Waals surface area contributed by atoms with E-state index in [2.05, 4.69) is 6.07 Å². The van der Waals surface area contributed by atoms with E-state index >= 15 is 0 Å². The van der Waals surface area contributed by atoms with Crippen LogP contribution in [0.15, 0.2) is 12.1 Å². The van der Waals surface area contributed by atoms with Crippen LogP contribution in [0.25, 0.3) is 0 Å². The van der Waals surface area contributed by atoms with Gasteiger partial charge in [0, 0.05) is 0 Å². The Kier molecular flexibility index (Phi) is 3.36. The summed E-state index contributed by atoms with van der Waals surface area (Å²) in [6.07, 6.45) is 0. The third-order valence-electron chi connectivity index (χ3n) is 2.05. The van der Waals surface area contributed by atoms with E-state index in [9.17, 15) is 4.79 Å². The second kappa shape index (κ2) is 4.13. The predicted octanol–water partition coefficient (Wildman–Crippen LogP) is 1.62. The van der Waals surface area contributed by atoms with Crippen molar-refractivity contribution in [3.63, 3.8) is 0 Å².